The van der Waals surface area contributed by atoms with Crippen LogP contribution in [0.4, 0.5) is 22.0 Å². The highest BCUT2D eigenvalue weighted by molar-refractivity contribution is 7.98. The molecular weight excluding hydrogens is 595 g/mol. The Hall–Kier alpha value is -3.97. The predicted molar refractivity (Wildman–Crippen MR) is 148 cm³/mol. The molecule has 1 amide bonds. The van der Waals surface area contributed by atoms with Gasteiger partial charge in [-0.15, -0.1) is 11.8 Å². The summed E-state index contributed by atoms with van der Waals surface area (Å²) in [6, 6.07) is 13.6. The molecule has 3 aromatic rings. The molecule has 0 bridgehead atoms. The molecule has 0 spiro atoms. The van der Waals surface area contributed by atoms with Crippen LogP contribution in [0.15, 0.2) is 65.6 Å². The first-order valence-corrected chi connectivity index (χ1v) is 14.2. The zero-order chi connectivity index (χ0) is 31.5. The number of hydrogen-bond donors (Lipinski definition) is 0. The summed E-state index contributed by atoms with van der Waals surface area (Å²) in [6.07, 6.45) is -3.60. The Bertz CT molecular complexity index is 1510. The predicted octanol–water partition coefficient (Wildman–Crippen LogP) is 5.71. The molecule has 1 aliphatic rings. The molecule has 1 fully saturated rings. The summed E-state index contributed by atoms with van der Waals surface area (Å²) in [5, 5.41) is 0. The summed E-state index contributed by atoms with van der Waals surface area (Å²) in [7, 11) is 3.40. The molecule has 0 aliphatic carbocycles. The summed E-state index contributed by atoms with van der Waals surface area (Å²) in [5.41, 5.74) is 1.95. The summed E-state index contributed by atoms with van der Waals surface area (Å²) < 4.78 is 75.4. The van der Waals surface area contributed by atoms with Gasteiger partial charge < -0.3 is 19.3 Å². The van der Waals surface area contributed by atoms with E-state index in [-0.39, 0.29) is 31.2 Å². The molecule has 0 unspecified atom stereocenters. The van der Waals surface area contributed by atoms with Crippen LogP contribution >= 0.6 is 11.8 Å². The van der Waals surface area contributed by atoms with Crippen molar-refractivity contribution in [1.29, 1.82) is 0 Å². The number of ether oxygens (including phenoxy) is 2. The molecule has 4 rings (SSSR count). The molecule has 2 atom stereocenters. The molecule has 1 aliphatic heterocycles. The van der Waals surface area contributed by atoms with Crippen molar-refractivity contribution >= 4 is 29.6 Å². The fraction of sp³-hybridized carbons (Fsp3) is 0.300. The standard InChI is InChI=1S/C30H27F5N2O5S/c1-36(2)20-12-25(28(39)42-29(40)30(33,34)35)37(15-20)27(38)19-6-4-5-17(11-19)16-41-21-9-7-18(8-10-21)22-13-23(31)24(32)14-26(22)43-3/h4-11,13-14,20,25H,12,15-16H2,1-3H3/t20-,25+/m1/s1. The zero-order valence-electron chi connectivity index (χ0n) is 23.3. The van der Waals surface area contributed by atoms with Crippen molar-refractivity contribution in [2.75, 3.05) is 26.9 Å². The average Bonchev–Trinajstić information content (AvgIpc) is 3.43. The van der Waals surface area contributed by atoms with Gasteiger partial charge >= 0.3 is 18.1 Å². The van der Waals surface area contributed by atoms with Crippen molar-refractivity contribution in [3.8, 4) is 16.9 Å². The van der Waals surface area contributed by atoms with Gasteiger partial charge in [-0.3, -0.25) is 4.79 Å². The Morgan fingerprint density at radius 1 is 1.00 bits per heavy atom. The minimum atomic E-state index is -5.35. The number of esters is 2. The van der Waals surface area contributed by atoms with Crippen molar-refractivity contribution in [3.63, 3.8) is 0 Å². The van der Waals surface area contributed by atoms with Gasteiger partial charge in [-0.05, 0) is 79.9 Å². The molecule has 1 heterocycles. The number of rotatable bonds is 8. The lowest BCUT2D eigenvalue weighted by atomic mass is 10.1. The SMILES string of the molecule is CSc1cc(F)c(F)cc1-c1ccc(OCc2cccc(C(=O)N3C[C@H](N(C)C)C[C@H]3C(=O)OC(=O)C(F)(F)F)c2)cc1. The molecule has 0 radical (unpaired) electrons. The molecule has 3 aromatic carbocycles. The van der Waals surface area contributed by atoms with E-state index in [4.69, 9.17) is 4.74 Å². The van der Waals surface area contributed by atoms with Crippen LogP contribution < -0.4 is 4.74 Å². The monoisotopic (exact) mass is 622 g/mol. The Balaban J connectivity index is 1.46. The minimum absolute atomic E-state index is 0.00942. The van der Waals surface area contributed by atoms with E-state index in [1.807, 2.05) is 0 Å². The van der Waals surface area contributed by atoms with Gasteiger partial charge in [-0.25, -0.2) is 18.4 Å². The number of likely N-dealkylation sites (tertiary alicyclic amines) is 1. The largest absolute Gasteiger partial charge is 0.491 e. The van der Waals surface area contributed by atoms with E-state index < -0.39 is 41.7 Å². The van der Waals surface area contributed by atoms with Gasteiger partial charge in [0.25, 0.3) is 5.91 Å². The zero-order valence-corrected chi connectivity index (χ0v) is 24.1. The Morgan fingerprint density at radius 2 is 1.67 bits per heavy atom. The maximum absolute atomic E-state index is 13.8. The Morgan fingerprint density at radius 3 is 2.30 bits per heavy atom. The van der Waals surface area contributed by atoms with Crippen LogP contribution in [0.25, 0.3) is 11.1 Å². The fourth-order valence-electron chi connectivity index (χ4n) is 4.63. The van der Waals surface area contributed by atoms with Crippen LogP contribution in [0.2, 0.25) is 0 Å². The second-order valence-electron chi connectivity index (χ2n) is 10.0. The van der Waals surface area contributed by atoms with Gasteiger partial charge in [0.2, 0.25) is 0 Å². The topological polar surface area (TPSA) is 76.2 Å². The number of thioether (sulfide) groups is 1. The van der Waals surface area contributed by atoms with E-state index in [1.54, 1.807) is 61.6 Å². The van der Waals surface area contributed by atoms with Crippen LogP contribution in [-0.4, -0.2) is 72.8 Å². The molecule has 43 heavy (non-hydrogen) atoms. The van der Waals surface area contributed by atoms with E-state index >= 15 is 0 Å². The van der Waals surface area contributed by atoms with Crippen molar-refractivity contribution in [3.05, 3.63) is 83.4 Å². The quantitative estimate of drug-likeness (QED) is 0.138. The molecule has 13 heteroatoms. The molecule has 228 valence electrons. The van der Waals surface area contributed by atoms with Crippen molar-refractivity contribution in [1.82, 2.24) is 9.80 Å². The smallest absolute Gasteiger partial charge is 0.489 e. The molecule has 0 saturated carbocycles. The lowest BCUT2D eigenvalue weighted by molar-refractivity contribution is -0.203. The van der Waals surface area contributed by atoms with Gasteiger partial charge in [0.1, 0.15) is 18.4 Å². The molecule has 0 aromatic heterocycles. The average molecular weight is 623 g/mol. The third-order valence-corrected chi connectivity index (χ3v) is 7.73. The fourth-order valence-corrected chi connectivity index (χ4v) is 5.25. The Labute approximate surface area is 248 Å². The maximum Gasteiger partial charge on any atom is 0.491 e. The summed E-state index contributed by atoms with van der Waals surface area (Å²) in [6.45, 7) is 0.0860. The first kappa shape index (κ1) is 32.0. The number of hydrogen-bond acceptors (Lipinski definition) is 7. The number of carbonyl (C=O) groups excluding carboxylic acids is 3. The van der Waals surface area contributed by atoms with E-state index in [2.05, 4.69) is 4.74 Å². The molecular formula is C30H27F5N2O5S. The number of amides is 1. The highest BCUT2D eigenvalue weighted by atomic mass is 32.2. The number of carbonyl (C=O) groups is 3. The van der Waals surface area contributed by atoms with Gasteiger partial charge in [-0.1, -0.05) is 24.3 Å². The first-order chi connectivity index (χ1) is 20.3. The van der Waals surface area contributed by atoms with E-state index in [0.29, 0.717) is 27.3 Å². The van der Waals surface area contributed by atoms with E-state index in [9.17, 15) is 36.3 Å². The summed E-state index contributed by atoms with van der Waals surface area (Å²) >= 11 is 1.29. The van der Waals surface area contributed by atoms with Crippen LogP contribution in [0.3, 0.4) is 0 Å². The highest BCUT2D eigenvalue weighted by Crippen LogP contribution is 2.33. The van der Waals surface area contributed by atoms with Crippen LogP contribution in [0, 0.1) is 11.6 Å². The summed E-state index contributed by atoms with van der Waals surface area (Å²) in [5.74, 6) is -6.11. The van der Waals surface area contributed by atoms with Crippen LogP contribution in [-0.2, 0) is 20.9 Å². The third kappa shape index (κ3) is 7.52. The van der Waals surface area contributed by atoms with Gasteiger partial charge in [0, 0.05) is 23.0 Å². The van der Waals surface area contributed by atoms with Crippen molar-refractivity contribution in [2.45, 2.75) is 36.2 Å². The van der Waals surface area contributed by atoms with Gasteiger partial charge in [0.15, 0.2) is 11.6 Å². The lowest BCUT2D eigenvalue weighted by Crippen LogP contribution is -2.43. The molecule has 0 N–H and O–H groups in total. The van der Waals surface area contributed by atoms with Gasteiger partial charge in [-0.2, -0.15) is 13.2 Å². The second-order valence-corrected chi connectivity index (χ2v) is 10.9. The normalized spacial score (nSPS) is 16.8. The van der Waals surface area contributed by atoms with E-state index in [0.717, 1.165) is 17.0 Å². The first-order valence-electron chi connectivity index (χ1n) is 12.9. The Kier molecular flexibility index (Phi) is 9.75. The second kappa shape index (κ2) is 13.1. The van der Waals surface area contributed by atoms with Crippen molar-refractivity contribution < 1.29 is 45.8 Å². The summed E-state index contributed by atoms with van der Waals surface area (Å²) in [4.78, 5) is 40.6. The van der Waals surface area contributed by atoms with Crippen LogP contribution in [0.5, 0.6) is 5.75 Å². The third-order valence-electron chi connectivity index (χ3n) is 6.95. The lowest BCUT2D eigenvalue weighted by Gasteiger charge is -2.23. The number of nitrogens with zero attached hydrogens (tertiary/aromatic N) is 2. The number of benzene rings is 3. The molecule has 7 nitrogen and oxygen atoms in total. The van der Waals surface area contributed by atoms with Crippen LogP contribution in [0.1, 0.15) is 22.3 Å². The number of halogens is 5. The van der Waals surface area contributed by atoms with E-state index in [1.165, 1.54) is 23.9 Å². The minimum Gasteiger partial charge on any atom is -0.489 e. The number of likely N-dealkylation sites (N-methyl/N-ethyl adjacent to an activating group) is 1. The van der Waals surface area contributed by atoms with Gasteiger partial charge in [0.05, 0.1) is 0 Å². The molecule has 1 saturated heterocycles. The highest BCUT2D eigenvalue weighted by Gasteiger charge is 2.47. The number of alkyl halides is 3. The maximum atomic E-state index is 13.8. The van der Waals surface area contributed by atoms with Crippen molar-refractivity contribution in [2.24, 2.45) is 0 Å².